The summed E-state index contributed by atoms with van der Waals surface area (Å²) >= 11 is 0. The third-order valence-corrected chi connectivity index (χ3v) is 2.68. The fraction of sp³-hybridized carbons (Fsp3) is 0.200. The van der Waals surface area contributed by atoms with E-state index in [1.807, 2.05) is 43.4 Å². The highest BCUT2D eigenvalue weighted by molar-refractivity contribution is 5.43. The lowest BCUT2D eigenvalue weighted by atomic mass is 10.1. The van der Waals surface area contributed by atoms with Gasteiger partial charge in [0.1, 0.15) is 11.5 Å². The molecule has 0 aliphatic rings. The largest absolute Gasteiger partial charge is 0.457 e. The molecule has 0 fully saturated rings. The normalized spacial score (nSPS) is 10.3. The fourth-order valence-corrected chi connectivity index (χ4v) is 1.71. The van der Waals surface area contributed by atoms with Gasteiger partial charge in [-0.05, 0) is 62.0 Å². The summed E-state index contributed by atoms with van der Waals surface area (Å²) in [5, 5.41) is 3.14. The van der Waals surface area contributed by atoms with Crippen LogP contribution in [0.15, 0.2) is 48.5 Å². The second-order valence-corrected chi connectivity index (χ2v) is 4.17. The zero-order valence-electron chi connectivity index (χ0n) is 10.5. The van der Waals surface area contributed by atoms with Gasteiger partial charge in [-0.25, -0.2) is 0 Å². The second-order valence-electron chi connectivity index (χ2n) is 4.17. The highest BCUT2D eigenvalue weighted by atomic mass is 16.5. The van der Waals surface area contributed by atoms with E-state index >= 15 is 0 Å². The van der Waals surface area contributed by atoms with Crippen molar-refractivity contribution >= 4 is 5.69 Å². The molecule has 0 amide bonds. The Hall–Kier alpha value is -2.00. The first kappa shape index (κ1) is 12.5. The molecule has 0 bridgehead atoms. The Labute approximate surface area is 108 Å². The number of ether oxygens (including phenoxy) is 1. The number of rotatable bonds is 5. The van der Waals surface area contributed by atoms with Crippen molar-refractivity contribution in [2.45, 2.75) is 6.42 Å². The van der Waals surface area contributed by atoms with Gasteiger partial charge < -0.3 is 15.8 Å². The van der Waals surface area contributed by atoms with Crippen molar-refractivity contribution in [3.8, 4) is 11.5 Å². The molecule has 0 aliphatic carbocycles. The molecule has 3 heteroatoms. The predicted molar refractivity (Wildman–Crippen MR) is 75.0 cm³/mol. The van der Waals surface area contributed by atoms with Crippen molar-refractivity contribution in [3.05, 3.63) is 54.1 Å². The van der Waals surface area contributed by atoms with E-state index < -0.39 is 0 Å². The molecule has 94 valence electrons. The van der Waals surface area contributed by atoms with Crippen molar-refractivity contribution in [2.24, 2.45) is 0 Å². The summed E-state index contributed by atoms with van der Waals surface area (Å²) in [5.74, 6) is 1.66. The van der Waals surface area contributed by atoms with Gasteiger partial charge in [-0.15, -0.1) is 0 Å². The van der Waals surface area contributed by atoms with E-state index in [9.17, 15) is 0 Å². The van der Waals surface area contributed by atoms with Crippen LogP contribution in [0, 0.1) is 0 Å². The molecule has 0 spiro atoms. The minimum atomic E-state index is 0.741. The summed E-state index contributed by atoms with van der Waals surface area (Å²) in [6.07, 6.45) is 0.995. The molecule has 2 aromatic rings. The number of hydrogen-bond donors (Lipinski definition) is 2. The Morgan fingerprint density at radius 2 is 1.83 bits per heavy atom. The number of nitrogens with one attached hydrogen (secondary N) is 1. The van der Waals surface area contributed by atoms with E-state index in [0.717, 1.165) is 30.2 Å². The smallest absolute Gasteiger partial charge is 0.127 e. The molecule has 0 aliphatic heterocycles. The monoisotopic (exact) mass is 242 g/mol. The minimum Gasteiger partial charge on any atom is -0.457 e. The van der Waals surface area contributed by atoms with Gasteiger partial charge in [0.15, 0.2) is 0 Å². The van der Waals surface area contributed by atoms with Crippen LogP contribution >= 0.6 is 0 Å². The third kappa shape index (κ3) is 3.50. The van der Waals surface area contributed by atoms with Gasteiger partial charge >= 0.3 is 0 Å². The lowest BCUT2D eigenvalue weighted by Gasteiger charge is -2.08. The highest BCUT2D eigenvalue weighted by Gasteiger charge is 1.99. The van der Waals surface area contributed by atoms with Gasteiger partial charge in [-0.1, -0.05) is 12.1 Å². The molecule has 0 heterocycles. The van der Waals surface area contributed by atoms with Crippen LogP contribution in [0.1, 0.15) is 5.56 Å². The first-order valence-electron chi connectivity index (χ1n) is 6.05. The van der Waals surface area contributed by atoms with E-state index in [1.54, 1.807) is 0 Å². The van der Waals surface area contributed by atoms with Gasteiger partial charge in [0.05, 0.1) is 0 Å². The molecule has 0 atom stereocenters. The third-order valence-electron chi connectivity index (χ3n) is 2.68. The summed E-state index contributed by atoms with van der Waals surface area (Å²) in [4.78, 5) is 0. The molecule has 0 saturated carbocycles. The molecule has 0 radical (unpaired) electrons. The minimum absolute atomic E-state index is 0.741. The molecule has 2 aromatic carbocycles. The maximum absolute atomic E-state index is 5.78. The van der Waals surface area contributed by atoms with Crippen LogP contribution in [0.4, 0.5) is 5.69 Å². The second kappa shape index (κ2) is 6.07. The number of anilines is 1. The summed E-state index contributed by atoms with van der Waals surface area (Å²) in [6, 6.07) is 15.5. The van der Waals surface area contributed by atoms with Crippen LogP contribution in [0.25, 0.3) is 0 Å². The van der Waals surface area contributed by atoms with Gasteiger partial charge in [-0.2, -0.15) is 0 Å². The Morgan fingerprint density at radius 1 is 1.06 bits per heavy atom. The van der Waals surface area contributed by atoms with E-state index in [2.05, 4.69) is 17.4 Å². The van der Waals surface area contributed by atoms with Gasteiger partial charge in [-0.3, -0.25) is 0 Å². The van der Waals surface area contributed by atoms with Gasteiger partial charge in [0.25, 0.3) is 0 Å². The maximum atomic E-state index is 5.78. The first-order chi connectivity index (χ1) is 8.78. The van der Waals surface area contributed by atoms with E-state index in [1.165, 1.54) is 5.56 Å². The number of nitrogens with two attached hydrogens (primary N) is 1. The molecule has 3 N–H and O–H groups in total. The Balaban J connectivity index is 2.06. The van der Waals surface area contributed by atoms with Crippen molar-refractivity contribution in [2.75, 3.05) is 19.3 Å². The average molecular weight is 242 g/mol. The molecule has 0 saturated heterocycles. The lowest BCUT2D eigenvalue weighted by molar-refractivity contribution is 0.482. The Morgan fingerprint density at radius 3 is 2.56 bits per heavy atom. The molecule has 0 aromatic heterocycles. The summed E-state index contributed by atoms with van der Waals surface area (Å²) < 4.78 is 5.78. The SMILES string of the molecule is CNCCc1cccc(Oc2ccc(N)cc2)c1. The van der Waals surface area contributed by atoms with E-state index in [-0.39, 0.29) is 0 Å². The van der Waals surface area contributed by atoms with Crippen molar-refractivity contribution in [1.82, 2.24) is 5.32 Å². The fourth-order valence-electron chi connectivity index (χ4n) is 1.71. The summed E-state index contributed by atoms with van der Waals surface area (Å²) in [5.41, 5.74) is 7.64. The quantitative estimate of drug-likeness (QED) is 0.793. The molecule has 3 nitrogen and oxygen atoms in total. The number of hydrogen-bond acceptors (Lipinski definition) is 3. The molecular formula is C15H18N2O. The van der Waals surface area contributed by atoms with Crippen LogP contribution in [-0.4, -0.2) is 13.6 Å². The van der Waals surface area contributed by atoms with Crippen LogP contribution in [-0.2, 0) is 6.42 Å². The van der Waals surface area contributed by atoms with Crippen LogP contribution in [0.2, 0.25) is 0 Å². The zero-order valence-corrected chi connectivity index (χ0v) is 10.5. The average Bonchev–Trinajstić information content (AvgIpc) is 2.40. The Bertz CT molecular complexity index is 494. The molecule has 0 unspecified atom stereocenters. The van der Waals surface area contributed by atoms with Crippen LogP contribution in [0.5, 0.6) is 11.5 Å². The Kier molecular flexibility index (Phi) is 4.20. The van der Waals surface area contributed by atoms with Gasteiger partial charge in [0.2, 0.25) is 0 Å². The lowest BCUT2D eigenvalue weighted by Crippen LogP contribution is -2.10. The van der Waals surface area contributed by atoms with Crippen molar-refractivity contribution in [1.29, 1.82) is 0 Å². The van der Waals surface area contributed by atoms with Gasteiger partial charge in [0, 0.05) is 5.69 Å². The van der Waals surface area contributed by atoms with Crippen LogP contribution in [0.3, 0.4) is 0 Å². The number of likely N-dealkylation sites (N-methyl/N-ethyl adjacent to an activating group) is 1. The summed E-state index contributed by atoms with van der Waals surface area (Å²) in [7, 11) is 1.95. The topological polar surface area (TPSA) is 47.3 Å². The van der Waals surface area contributed by atoms with Crippen molar-refractivity contribution in [3.63, 3.8) is 0 Å². The molecular weight excluding hydrogens is 224 g/mol. The molecule has 18 heavy (non-hydrogen) atoms. The number of benzene rings is 2. The van der Waals surface area contributed by atoms with Crippen molar-refractivity contribution < 1.29 is 4.74 Å². The maximum Gasteiger partial charge on any atom is 0.127 e. The van der Waals surface area contributed by atoms with E-state index in [4.69, 9.17) is 10.5 Å². The predicted octanol–water partition coefficient (Wildman–Crippen LogP) is 2.82. The van der Waals surface area contributed by atoms with E-state index in [0.29, 0.717) is 0 Å². The summed E-state index contributed by atoms with van der Waals surface area (Å²) in [6.45, 7) is 0.964. The zero-order chi connectivity index (χ0) is 12.8. The highest BCUT2D eigenvalue weighted by Crippen LogP contribution is 2.23. The first-order valence-corrected chi connectivity index (χ1v) is 6.05. The van der Waals surface area contributed by atoms with Crippen LogP contribution < -0.4 is 15.8 Å². The molecule has 2 rings (SSSR count). The number of nitrogen functional groups attached to an aromatic ring is 1. The standard InChI is InChI=1S/C15H18N2O/c1-17-10-9-12-3-2-4-15(11-12)18-14-7-5-13(16)6-8-14/h2-8,11,17H,9-10,16H2,1H3.